The van der Waals surface area contributed by atoms with Gasteiger partial charge in [-0.25, -0.2) is 0 Å². The minimum Gasteiger partial charge on any atom is -0.497 e. The molecule has 0 heterocycles. The van der Waals surface area contributed by atoms with Crippen molar-refractivity contribution in [1.29, 1.82) is 0 Å². The largest absolute Gasteiger partial charge is 0.497 e. The molecule has 0 unspecified atom stereocenters. The lowest BCUT2D eigenvalue weighted by atomic mass is 10.1. The Morgan fingerprint density at radius 2 is 1.62 bits per heavy atom. The molecule has 0 saturated carbocycles. The van der Waals surface area contributed by atoms with Crippen LogP contribution in [0.25, 0.3) is 0 Å². The Labute approximate surface area is 178 Å². The highest BCUT2D eigenvalue weighted by atomic mass is 35.5. The predicted molar refractivity (Wildman–Crippen MR) is 116 cm³/mol. The lowest BCUT2D eigenvalue weighted by Gasteiger charge is -2.30. The number of methoxy groups -OCH3 is 1. The van der Waals surface area contributed by atoms with Crippen molar-refractivity contribution in [2.75, 3.05) is 7.11 Å². The van der Waals surface area contributed by atoms with Crippen LogP contribution in [0, 0.1) is 0 Å². The number of carbonyl (C=O) groups is 2. The molecule has 6 heteroatoms. The molecule has 2 amide bonds. The molecule has 2 aromatic rings. The number of amides is 2. The van der Waals surface area contributed by atoms with Crippen LogP contribution < -0.4 is 10.1 Å². The summed E-state index contributed by atoms with van der Waals surface area (Å²) in [6, 6.07) is 14.1. The highest BCUT2D eigenvalue weighted by Gasteiger charge is 2.26. The van der Waals surface area contributed by atoms with E-state index in [1.807, 2.05) is 50.2 Å². The molecule has 0 aliphatic rings. The van der Waals surface area contributed by atoms with Crippen molar-refractivity contribution >= 4 is 23.4 Å². The van der Waals surface area contributed by atoms with Gasteiger partial charge in [0.2, 0.25) is 11.8 Å². The van der Waals surface area contributed by atoms with E-state index in [1.54, 1.807) is 31.1 Å². The molecular formula is C23H29ClN2O3. The van der Waals surface area contributed by atoms with E-state index < -0.39 is 6.04 Å². The van der Waals surface area contributed by atoms with Crippen molar-refractivity contribution in [2.24, 2.45) is 0 Å². The molecule has 5 nitrogen and oxygen atoms in total. The van der Waals surface area contributed by atoms with Crippen LogP contribution in [-0.2, 0) is 22.6 Å². The molecule has 0 aliphatic carbocycles. The number of ether oxygens (including phenoxy) is 1. The second-order valence-corrected chi connectivity index (χ2v) is 7.60. The van der Waals surface area contributed by atoms with Crippen molar-refractivity contribution in [1.82, 2.24) is 10.2 Å². The maximum absolute atomic E-state index is 13.1. The molecule has 0 radical (unpaired) electrons. The third-order valence-electron chi connectivity index (χ3n) is 4.95. The van der Waals surface area contributed by atoms with Gasteiger partial charge in [-0.3, -0.25) is 9.59 Å². The van der Waals surface area contributed by atoms with Gasteiger partial charge in [0.25, 0.3) is 0 Å². The number of nitrogens with one attached hydrogen (secondary N) is 1. The molecule has 0 fully saturated rings. The fourth-order valence-electron chi connectivity index (χ4n) is 2.85. The summed E-state index contributed by atoms with van der Waals surface area (Å²) in [6.45, 7) is 6.07. The summed E-state index contributed by atoms with van der Waals surface area (Å²) >= 11 is 5.94. The Bertz CT molecular complexity index is 806. The Morgan fingerprint density at radius 3 is 2.17 bits per heavy atom. The number of rotatable bonds is 9. The molecule has 1 N–H and O–H groups in total. The van der Waals surface area contributed by atoms with E-state index in [4.69, 9.17) is 16.3 Å². The quantitative estimate of drug-likeness (QED) is 0.665. The molecule has 2 atom stereocenters. The first kappa shape index (κ1) is 22.8. The number of hydrogen-bond acceptors (Lipinski definition) is 3. The van der Waals surface area contributed by atoms with Crippen LogP contribution >= 0.6 is 11.6 Å². The average molecular weight is 417 g/mol. The van der Waals surface area contributed by atoms with Gasteiger partial charge < -0.3 is 15.0 Å². The van der Waals surface area contributed by atoms with Crippen LogP contribution in [0.1, 0.15) is 38.3 Å². The van der Waals surface area contributed by atoms with Crippen LogP contribution in [-0.4, -0.2) is 35.9 Å². The van der Waals surface area contributed by atoms with Crippen molar-refractivity contribution in [2.45, 2.75) is 52.2 Å². The first-order valence-corrected chi connectivity index (χ1v) is 10.2. The fraction of sp³-hybridized carbons (Fsp3) is 0.391. The monoisotopic (exact) mass is 416 g/mol. The summed E-state index contributed by atoms with van der Waals surface area (Å²) < 4.78 is 5.20. The van der Waals surface area contributed by atoms with Crippen LogP contribution in [0.3, 0.4) is 0 Å². The van der Waals surface area contributed by atoms with Crippen LogP contribution in [0.15, 0.2) is 48.5 Å². The van der Waals surface area contributed by atoms with Crippen molar-refractivity contribution < 1.29 is 14.3 Å². The SMILES string of the molecule is CC[C@@H](C)NC(=O)[C@@H](C)N(Cc1ccc(OC)cc1)C(=O)Cc1ccc(Cl)cc1. The van der Waals surface area contributed by atoms with E-state index in [-0.39, 0.29) is 24.3 Å². The van der Waals surface area contributed by atoms with E-state index in [2.05, 4.69) is 5.32 Å². The summed E-state index contributed by atoms with van der Waals surface area (Å²) in [5.41, 5.74) is 1.78. The van der Waals surface area contributed by atoms with Gasteiger partial charge in [0.1, 0.15) is 11.8 Å². The maximum atomic E-state index is 13.1. The maximum Gasteiger partial charge on any atom is 0.242 e. The summed E-state index contributed by atoms with van der Waals surface area (Å²) in [6.07, 6.45) is 1.03. The summed E-state index contributed by atoms with van der Waals surface area (Å²) in [5.74, 6) is 0.475. The van der Waals surface area contributed by atoms with Gasteiger partial charge in [-0.1, -0.05) is 42.8 Å². The van der Waals surface area contributed by atoms with E-state index in [0.717, 1.165) is 23.3 Å². The van der Waals surface area contributed by atoms with Crippen molar-refractivity contribution in [3.05, 3.63) is 64.7 Å². The summed E-state index contributed by atoms with van der Waals surface area (Å²) in [5, 5.41) is 3.59. The normalized spacial score (nSPS) is 12.7. The Balaban J connectivity index is 2.21. The van der Waals surface area contributed by atoms with Crippen molar-refractivity contribution in [3.63, 3.8) is 0 Å². The molecular weight excluding hydrogens is 388 g/mol. The second kappa shape index (κ2) is 10.9. The summed E-state index contributed by atoms with van der Waals surface area (Å²) in [7, 11) is 1.61. The van der Waals surface area contributed by atoms with Gasteiger partial charge in [-0.15, -0.1) is 0 Å². The van der Waals surface area contributed by atoms with E-state index in [9.17, 15) is 9.59 Å². The fourth-order valence-corrected chi connectivity index (χ4v) is 2.98. The zero-order chi connectivity index (χ0) is 21.4. The van der Waals surface area contributed by atoms with Crippen LogP contribution in [0.5, 0.6) is 5.75 Å². The zero-order valence-electron chi connectivity index (χ0n) is 17.4. The molecule has 0 aromatic heterocycles. The molecule has 156 valence electrons. The molecule has 0 bridgehead atoms. The topological polar surface area (TPSA) is 58.6 Å². The first-order valence-electron chi connectivity index (χ1n) is 9.81. The lowest BCUT2D eigenvalue weighted by Crippen LogP contribution is -2.49. The highest BCUT2D eigenvalue weighted by Crippen LogP contribution is 2.17. The Hall–Kier alpha value is -2.53. The average Bonchev–Trinajstić information content (AvgIpc) is 2.73. The van der Waals surface area contributed by atoms with E-state index in [1.165, 1.54) is 0 Å². The van der Waals surface area contributed by atoms with Gasteiger partial charge in [0.15, 0.2) is 0 Å². The lowest BCUT2D eigenvalue weighted by molar-refractivity contribution is -0.140. The number of halogens is 1. The number of carbonyl (C=O) groups excluding carboxylic acids is 2. The third-order valence-corrected chi connectivity index (χ3v) is 5.20. The Kier molecular flexibility index (Phi) is 8.52. The van der Waals surface area contributed by atoms with Gasteiger partial charge in [0.05, 0.1) is 13.5 Å². The molecule has 2 rings (SSSR count). The molecule has 0 spiro atoms. The van der Waals surface area contributed by atoms with Crippen molar-refractivity contribution in [3.8, 4) is 5.75 Å². The van der Waals surface area contributed by atoms with Crippen LogP contribution in [0.2, 0.25) is 5.02 Å². The van der Waals surface area contributed by atoms with E-state index in [0.29, 0.717) is 11.6 Å². The predicted octanol–water partition coefficient (Wildman–Crippen LogP) is 4.22. The van der Waals surface area contributed by atoms with Gasteiger partial charge in [-0.05, 0) is 55.7 Å². The molecule has 0 saturated heterocycles. The number of benzene rings is 2. The van der Waals surface area contributed by atoms with Crippen LogP contribution in [0.4, 0.5) is 0 Å². The molecule has 2 aromatic carbocycles. The molecule has 0 aliphatic heterocycles. The van der Waals surface area contributed by atoms with Gasteiger partial charge >= 0.3 is 0 Å². The smallest absolute Gasteiger partial charge is 0.242 e. The zero-order valence-corrected chi connectivity index (χ0v) is 18.2. The molecule has 29 heavy (non-hydrogen) atoms. The minimum atomic E-state index is -0.592. The first-order chi connectivity index (χ1) is 13.8. The Morgan fingerprint density at radius 1 is 1.03 bits per heavy atom. The standard InChI is InChI=1S/C23H29ClN2O3/c1-5-16(2)25-23(28)17(3)26(15-19-8-12-21(29-4)13-9-19)22(27)14-18-6-10-20(24)11-7-18/h6-13,16-17H,5,14-15H2,1-4H3,(H,25,28)/t16-,17-/m1/s1. The van der Waals surface area contributed by atoms with Gasteiger partial charge in [-0.2, -0.15) is 0 Å². The van der Waals surface area contributed by atoms with Gasteiger partial charge in [0, 0.05) is 17.6 Å². The minimum absolute atomic E-state index is 0.0548. The number of hydrogen-bond donors (Lipinski definition) is 1. The number of nitrogens with zero attached hydrogens (tertiary/aromatic N) is 1. The van der Waals surface area contributed by atoms with E-state index >= 15 is 0 Å². The summed E-state index contributed by atoms with van der Waals surface area (Å²) in [4.78, 5) is 27.4. The second-order valence-electron chi connectivity index (χ2n) is 7.17. The third kappa shape index (κ3) is 6.79. The highest BCUT2D eigenvalue weighted by molar-refractivity contribution is 6.30.